The molecule has 108 valence electrons. The van der Waals surface area contributed by atoms with E-state index in [9.17, 15) is 12.8 Å². The maximum absolute atomic E-state index is 13.6. The topological polar surface area (TPSA) is 85.1 Å². The van der Waals surface area contributed by atoms with Crippen molar-refractivity contribution in [2.24, 2.45) is 5.73 Å². The van der Waals surface area contributed by atoms with Crippen LogP contribution in [0.5, 0.6) is 0 Å². The van der Waals surface area contributed by atoms with E-state index in [0.29, 0.717) is 5.69 Å². The Morgan fingerprint density at radius 1 is 1.45 bits per heavy atom. The molecule has 0 amide bonds. The standard InChI is InChI=1S/C11H11ClFN3O2S2/c12-11-7(3-14)1-9(2-10(11)13)20(17,18)16-4-8-5-19-6-15-8/h1-2,5-6,16H,3-4,14H2. The van der Waals surface area contributed by atoms with E-state index in [2.05, 4.69) is 9.71 Å². The van der Waals surface area contributed by atoms with Gasteiger partial charge in [-0.2, -0.15) is 0 Å². The van der Waals surface area contributed by atoms with Crippen LogP contribution in [0.1, 0.15) is 11.3 Å². The number of hydrogen-bond acceptors (Lipinski definition) is 5. The molecule has 2 rings (SSSR count). The van der Waals surface area contributed by atoms with Crippen molar-refractivity contribution < 1.29 is 12.8 Å². The molecule has 5 nitrogen and oxygen atoms in total. The van der Waals surface area contributed by atoms with Crippen LogP contribution in [0.2, 0.25) is 5.02 Å². The van der Waals surface area contributed by atoms with Gasteiger partial charge in [0.05, 0.1) is 27.7 Å². The Hall–Kier alpha value is -1.06. The van der Waals surface area contributed by atoms with Gasteiger partial charge in [-0.1, -0.05) is 11.6 Å². The third kappa shape index (κ3) is 3.33. The van der Waals surface area contributed by atoms with Crippen LogP contribution in [-0.4, -0.2) is 13.4 Å². The van der Waals surface area contributed by atoms with Gasteiger partial charge < -0.3 is 5.73 Å². The van der Waals surface area contributed by atoms with E-state index in [1.807, 2.05) is 0 Å². The Labute approximate surface area is 124 Å². The normalized spacial score (nSPS) is 11.8. The van der Waals surface area contributed by atoms with Crippen LogP contribution in [0.4, 0.5) is 4.39 Å². The summed E-state index contributed by atoms with van der Waals surface area (Å²) in [6.45, 7) is -0.0146. The van der Waals surface area contributed by atoms with Crippen LogP contribution in [0.15, 0.2) is 27.9 Å². The molecule has 0 aliphatic rings. The summed E-state index contributed by atoms with van der Waals surface area (Å²) in [6, 6.07) is 2.12. The summed E-state index contributed by atoms with van der Waals surface area (Å²) >= 11 is 7.05. The highest BCUT2D eigenvalue weighted by atomic mass is 35.5. The molecule has 0 spiro atoms. The summed E-state index contributed by atoms with van der Waals surface area (Å²) < 4.78 is 40.1. The van der Waals surface area contributed by atoms with Crippen molar-refractivity contribution in [1.82, 2.24) is 9.71 Å². The van der Waals surface area contributed by atoms with Crippen LogP contribution in [0.3, 0.4) is 0 Å². The third-order valence-electron chi connectivity index (χ3n) is 2.53. The molecule has 0 saturated carbocycles. The van der Waals surface area contributed by atoms with Gasteiger partial charge in [0, 0.05) is 11.9 Å². The highest BCUT2D eigenvalue weighted by molar-refractivity contribution is 7.89. The van der Waals surface area contributed by atoms with E-state index < -0.39 is 15.8 Å². The van der Waals surface area contributed by atoms with Crippen LogP contribution in [0, 0.1) is 5.82 Å². The van der Waals surface area contributed by atoms with Gasteiger partial charge in [-0.05, 0) is 17.7 Å². The van der Waals surface area contributed by atoms with E-state index in [1.165, 1.54) is 17.4 Å². The fourth-order valence-corrected chi connectivity index (χ4v) is 3.30. The maximum atomic E-state index is 13.6. The van der Waals surface area contributed by atoms with Crippen LogP contribution >= 0.6 is 22.9 Å². The number of thiazole rings is 1. The van der Waals surface area contributed by atoms with Gasteiger partial charge in [0.25, 0.3) is 0 Å². The first kappa shape index (κ1) is 15.3. The predicted octanol–water partition coefficient (Wildman–Crippen LogP) is 1.87. The average molecular weight is 336 g/mol. The van der Waals surface area contributed by atoms with Crippen LogP contribution < -0.4 is 10.5 Å². The number of halogens is 2. The summed E-state index contributed by atoms with van der Waals surface area (Å²) in [6.07, 6.45) is 0. The van der Waals surface area contributed by atoms with Gasteiger partial charge in [0.1, 0.15) is 5.82 Å². The lowest BCUT2D eigenvalue weighted by Crippen LogP contribution is -2.24. The van der Waals surface area contributed by atoms with Crippen LogP contribution in [0.25, 0.3) is 0 Å². The van der Waals surface area contributed by atoms with Gasteiger partial charge >= 0.3 is 0 Å². The molecular weight excluding hydrogens is 325 g/mol. The number of sulfonamides is 1. The molecule has 9 heteroatoms. The van der Waals surface area contributed by atoms with Crippen molar-refractivity contribution in [2.75, 3.05) is 0 Å². The highest BCUT2D eigenvalue weighted by Crippen LogP contribution is 2.24. The highest BCUT2D eigenvalue weighted by Gasteiger charge is 2.18. The molecule has 1 heterocycles. The molecule has 1 aromatic heterocycles. The molecule has 2 aromatic rings. The molecule has 0 bridgehead atoms. The van der Waals surface area contributed by atoms with Crippen molar-refractivity contribution in [1.29, 1.82) is 0 Å². The minimum Gasteiger partial charge on any atom is -0.326 e. The van der Waals surface area contributed by atoms with Crippen molar-refractivity contribution in [3.63, 3.8) is 0 Å². The Balaban J connectivity index is 2.27. The minimum absolute atomic E-state index is 0.0358. The Morgan fingerprint density at radius 2 is 2.20 bits per heavy atom. The number of aromatic nitrogens is 1. The summed E-state index contributed by atoms with van der Waals surface area (Å²) in [5.41, 5.74) is 7.83. The van der Waals surface area contributed by atoms with Crippen molar-refractivity contribution >= 4 is 33.0 Å². The maximum Gasteiger partial charge on any atom is 0.241 e. The molecule has 0 aliphatic heterocycles. The smallest absolute Gasteiger partial charge is 0.241 e. The van der Waals surface area contributed by atoms with E-state index in [-0.39, 0.29) is 28.6 Å². The van der Waals surface area contributed by atoms with Crippen LogP contribution in [-0.2, 0) is 23.1 Å². The number of nitrogens with two attached hydrogens (primary N) is 1. The molecule has 3 N–H and O–H groups in total. The molecule has 0 atom stereocenters. The van der Waals surface area contributed by atoms with Gasteiger partial charge in [-0.25, -0.2) is 22.5 Å². The quantitative estimate of drug-likeness (QED) is 0.873. The van der Waals surface area contributed by atoms with E-state index in [1.54, 1.807) is 10.9 Å². The Morgan fingerprint density at radius 3 is 2.80 bits per heavy atom. The first-order valence-electron chi connectivity index (χ1n) is 5.49. The van der Waals surface area contributed by atoms with E-state index in [4.69, 9.17) is 17.3 Å². The monoisotopic (exact) mass is 335 g/mol. The molecule has 0 radical (unpaired) electrons. The zero-order valence-electron chi connectivity index (χ0n) is 10.1. The largest absolute Gasteiger partial charge is 0.326 e. The predicted molar refractivity (Wildman–Crippen MR) is 75.4 cm³/mol. The SMILES string of the molecule is NCc1cc(S(=O)(=O)NCc2cscn2)cc(F)c1Cl. The second-order valence-corrected chi connectivity index (χ2v) is 6.75. The lowest BCUT2D eigenvalue weighted by Gasteiger charge is -2.09. The zero-order valence-corrected chi connectivity index (χ0v) is 12.5. The van der Waals surface area contributed by atoms with E-state index >= 15 is 0 Å². The van der Waals surface area contributed by atoms with Gasteiger partial charge in [0.2, 0.25) is 10.0 Å². The molecule has 0 aliphatic carbocycles. The molecule has 20 heavy (non-hydrogen) atoms. The second kappa shape index (κ2) is 6.15. The minimum atomic E-state index is -3.85. The van der Waals surface area contributed by atoms with Crippen molar-refractivity contribution in [3.05, 3.63) is 45.1 Å². The summed E-state index contributed by atoms with van der Waals surface area (Å²) in [5.74, 6) is -0.816. The number of nitrogens with zero attached hydrogens (tertiary/aromatic N) is 1. The first-order valence-corrected chi connectivity index (χ1v) is 8.29. The Kier molecular flexibility index (Phi) is 4.71. The number of hydrogen-bond donors (Lipinski definition) is 2. The number of benzene rings is 1. The molecule has 0 saturated heterocycles. The number of nitrogens with one attached hydrogen (secondary N) is 1. The molecular formula is C11H11ClFN3O2S2. The summed E-state index contributed by atoms with van der Waals surface area (Å²) in [4.78, 5) is 3.74. The summed E-state index contributed by atoms with van der Waals surface area (Å²) in [7, 11) is -3.85. The Bertz CT molecular complexity index is 705. The lowest BCUT2D eigenvalue weighted by atomic mass is 10.2. The zero-order chi connectivity index (χ0) is 14.8. The van der Waals surface area contributed by atoms with Gasteiger partial charge in [-0.3, -0.25) is 0 Å². The third-order valence-corrected chi connectivity index (χ3v) is 4.97. The van der Waals surface area contributed by atoms with Crippen molar-refractivity contribution in [3.8, 4) is 0 Å². The summed E-state index contributed by atoms with van der Waals surface area (Å²) in [5, 5.41) is 1.56. The lowest BCUT2D eigenvalue weighted by molar-refractivity contribution is 0.576. The van der Waals surface area contributed by atoms with Gasteiger partial charge in [-0.15, -0.1) is 11.3 Å². The molecule has 1 aromatic carbocycles. The number of rotatable bonds is 5. The van der Waals surface area contributed by atoms with Crippen molar-refractivity contribution in [2.45, 2.75) is 18.0 Å². The molecule has 0 fully saturated rings. The fourth-order valence-electron chi connectivity index (χ4n) is 1.50. The van der Waals surface area contributed by atoms with Gasteiger partial charge in [0.15, 0.2) is 0 Å². The average Bonchev–Trinajstić information content (AvgIpc) is 2.92. The van der Waals surface area contributed by atoms with E-state index in [0.717, 1.165) is 6.07 Å². The second-order valence-electron chi connectivity index (χ2n) is 3.89. The fraction of sp³-hybridized carbons (Fsp3) is 0.182. The first-order chi connectivity index (χ1) is 9.44. The molecule has 0 unspecified atom stereocenters.